The van der Waals surface area contributed by atoms with Crippen LogP contribution in [0.2, 0.25) is 0 Å². The van der Waals surface area contributed by atoms with Crippen molar-refractivity contribution >= 4 is 23.2 Å². The van der Waals surface area contributed by atoms with Crippen molar-refractivity contribution in [2.45, 2.75) is 39.7 Å². The number of thiocarbonyl (C=S) groups is 1. The average Bonchev–Trinajstić information content (AvgIpc) is 2.16. The van der Waals surface area contributed by atoms with Crippen LogP contribution < -0.4 is 5.73 Å². The third-order valence-electron chi connectivity index (χ3n) is 2.18. The maximum atomic E-state index is 11.5. The summed E-state index contributed by atoms with van der Waals surface area (Å²) in [6, 6.07) is 0.222. The molecule has 0 aromatic heterocycles. The predicted molar refractivity (Wildman–Crippen MR) is 69.4 cm³/mol. The van der Waals surface area contributed by atoms with E-state index in [4.69, 9.17) is 22.7 Å². The Bertz CT molecular complexity index is 232. The Morgan fingerprint density at radius 3 is 2.50 bits per heavy atom. The van der Waals surface area contributed by atoms with E-state index in [0.717, 1.165) is 12.8 Å². The van der Waals surface area contributed by atoms with Crippen molar-refractivity contribution in [2.75, 3.05) is 19.7 Å². The van der Waals surface area contributed by atoms with Crippen LogP contribution in [0.5, 0.6) is 0 Å². The highest BCUT2D eigenvalue weighted by Crippen LogP contribution is 1.99. The molecule has 0 radical (unpaired) electrons. The Kier molecular flexibility index (Phi) is 8.11. The third kappa shape index (κ3) is 7.59. The number of hydrogen-bond donors (Lipinski definition) is 1. The lowest BCUT2D eigenvalue weighted by atomic mass is 10.3. The first kappa shape index (κ1) is 15.3. The van der Waals surface area contributed by atoms with E-state index in [-0.39, 0.29) is 18.6 Å². The second kappa shape index (κ2) is 8.47. The van der Waals surface area contributed by atoms with Gasteiger partial charge < -0.3 is 10.5 Å². The first-order chi connectivity index (χ1) is 7.47. The number of esters is 1. The highest BCUT2D eigenvalue weighted by molar-refractivity contribution is 7.80. The molecule has 0 saturated heterocycles. The monoisotopic (exact) mass is 246 g/mol. The highest BCUT2D eigenvalue weighted by Gasteiger charge is 2.15. The van der Waals surface area contributed by atoms with Crippen molar-refractivity contribution in [1.82, 2.24) is 4.90 Å². The van der Waals surface area contributed by atoms with Gasteiger partial charge in [-0.25, -0.2) is 0 Å². The molecule has 0 unspecified atom stereocenters. The number of hydrogen-bond acceptors (Lipinski definition) is 4. The summed E-state index contributed by atoms with van der Waals surface area (Å²) in [6.07, 6.45) is 1.93. The zero-order valence-electron chi connectivity index (χ0n) is 10.4. The van der Waals surface area contributed by atoms with E-state index in [2.05, 4.69) is 6.92 Å². The molecule has 0 aromatic carbocycles. The minimum Gasteiger partial charge on any atom is -0.465 e. The lowest BCUT2D eigenvalue weighted by Crippen LogP contribution is -2.41. The molecule has 0 heterocycles. The van der Waals surface area contributed by atoms with Crippen LogP contribution in [-0.2, 0) is 9.53 Å². The van der Waals surface area contributed by atoms with Gasteiger partial charge in [-0.2, -0.15) is 0 Å². The third-order valence-corrected chi connectivity index (χ3v) is 2.31. The maximum absolute atomic E-state index is 11.5. The number of nitrogens with two attached hydrogens (primary N) is 1. The molecule has 0 amide bonds. The zero-order chi connectivity index (χ0) is 12.6. The lowest BCUT2D eigenvalue weighted by molar-refractivity contribution is -0.145. The van der Waals surface area contributed by atoms with Crippen LogP contribution in [0.3, 0.4) is 0 Å². The van der Waals surface area contributed by atoms with Gasteiger partial charge in [0.1, 0.15) is 0 Å². The molecule has 0 aliphatic heterocycles. The van der Waals surface area contributed by atoms with Gasteiger partial charge >= 0.3 is 5.97 Å². The van der Waals surface area contributed by atoms with Gasteiger partial charge in [0.2, 0.25) is 0 Å². The summed E-state index contributed by atoms with van der Waals surface area (Å²) in [5.41, 5.74) is 5.47. The van der Waals surface area contributed by atoms with Crippen molar-refractivity contribution < 1.29 is 9.53 Å². The van der Waals surface area contributed by atoms with E-state index in [1.165, 1.54) is 0 Å². The van der Waals surface area contributed by atoms with Crippen LogP contribution in [0.25, 0.3) is 0 Å². The van der Waals surface area contributed by atoms with Gasteiger partial charge in [0.15, 0.2) is 0 Å². The second-order valence-corrected chi connectivity index (χ2v) is 4.56. The van der Waals surface area contributed by atoms with Crippen LogP contribution in [0.4, 0.5) is 0 Å². The maximum Gasteiger partial charge on any atom is 0.320 e. The number of nitrogens with zero attached hydrogens (tertiary/aromatic N) is 1. The minimum absolute atomic E-state index is 0.210. The summed E-state index contributed by atoms with van der Waals surface area (Å²) in [4.78, 5) is 13.8. The van der Waals surface area contributed by atoms with E-state index in [1.54, 1.807) is 0 Å². The Labute approximate surface area is 103 Å². The SMILES string of the molecule is CCCCOC(=O)CN(CC(N)=S)C(C)C. The smallest absolute Gasteiger partial charge is 0.320 e. The normalized spacial score (nSPS) is 10.8. The van der Waals surface area contributed by atoms with Crippen LogP contribution in [0.1, 0.15) is 33.6 Å². The quantitative estimate of drug-likeness (QED) is 0.398. The Morgan fingerprint density at radius 1 is 1.44 bits per heavy atom. The van der Waals surface area contributed by atoms with Crippen molar-refractivity contribution in [1.29, 1.82) is 0 Å². The molecule has 5 heteroatoms. The summed E-state index contributed by atoms with van der Waals surface area (Å²) >= 11 is 4.83. The minimum atomic E-state index is -0.210. The molecule has 0 aromatic rings. The van der Waals surface area contributed by atoms with E-state index >= 15 is 0 Å². The molecule has 2 N–H and O–H groups in total. The van der Waals surface area contributed by atoms with Gasteiger partial charge in [0.05, 0.1) is 18.1 Å². The summed E-state index contributed by atoms with van der Waals surface area (Å²) in [7, 11) is 0. The summed E-state index contributed by atoms with van der Waals surface area (Å²) in [6.45, 7) is 7.25. The first-order valence-electron chi connectivity index (χ1n) is 5.65. The number of rotatable bonds is 8. The van der Waals surface area contributed by atoms with E-state index in [9.17, 15) is 4.79 Å². The molecule has 0 spiro atoms. The van der Waals surface area contributed by atoms with Crippen molar-refractivity contribution in [2.24, 2.45) is 5.73 Å². The van der Waals surface area contributed by atoms with Gasteiger partial charge in [0, 0.05) is 12.6 Å². The van der Waals surface area contributed by atoms with Gasteiger partial charge in [-0.1, -0.05) is 25.6 Å². The first-order valence-corrected chi connectivity index (χ1v) is 6.06. The summed E-state index contributed by atoms with van der Waals surface area (Å²) in [5, 5.41) is 0. The predicted octanol–water partition coefficient (Wildman–Crippen LogP) is 1.33. The molecule has 0 aliphatic carbocycles. The molecule has 16 heavy (non-hydrogen) atoms. The van der Waals surface area contributed by atoms with Gasteiger partial charge in [0.25, 0.3) is 0 Å². The fraction of sp³-hybridized carbons (Fsp3) is 0.818. The number of carbonyl (C=O) groups is 1. The fourth-order valence-electron chi connectivity index (χ4n) is 1.16. The Balaban J connectivity index is 3.98. The van der Waals surface area contributed by atoms with E-state index < -0.39 is 0 Å². The molecule has 0 aliphatic rings. The molecule has 0 fully saturated rings. The summed E-state index contributed by atoms with van der Waals surface area (Å²) in [5.74, 6) is -0.210. The molecule has 0 saturated carbocycles. The Hall–Kier alpha value is -0.680. The number of carbonyl (C=O) groups excluding carboxylic acids is 1. The van der Waals surface area contributed by atoms with Gasteiger partial charge in [-0.05, 0) is 20.3 Å². The average molecular weight is 246 g/mol. The molecular formula is C11H22N2O2S. The number of unbranched alkanes of at least 4 members (excludes halogenated alkanes) is 1. The largest absolute Gasteiger partial charge is 0.465 e. The summed E-state index contributed by atoms with van der Waals surface area (Å²) < 4.78 is 5.08. The molecule has 0 bridgehead atoms. The number of ether oxygens (including phenoxy) is 1. The molecule has 94 valence electrons. The van der Waals surface area contributed by atoms with Crippen molar-refractivity contribution in [3.05, 3.63) is 0 Å². The Morgan fingerprint density at radius 2 is 2.06 bits per heavy atom. The highest BCUT2D eigenvalue weighted by atomic mass is 32.1. The standard InChI is InChI=1S/C11H22N2O2S/c1-4-5-6-15-11(14)8-13(9(2)3)7-10(12)16/h9H,4-8H2,1-3H3,(H2,12,16). The molecule has 0 rings (SSSR count). The zero-order valence-corrected chi connectivity index (χ0v) is 11.2. The molecular weight excluding hydrogens is 224 g/mol. The fourth-order valence-corrected chi connectivity index (χ4v) is 1.33. The van der Waals surface area contributed by atoms with E-state index in [0.29, 0.717) is 18.1 Å². The van der Waals surface area contributed by atoms with Gasteiger partial charge in [-0.3, -0.25) is 9.69 Å². The van der Waals surface area contributed by atoms with Crippen LogP contribution in [-0.4, -0.2) is 41.6 Å². The van der Waals surface area contributed by atoms with Crippen LogP contribution in [0.15, 0.2) is 0 Å². The molecule has 0 atom stereocenters. The van der Waals surface area contributed by atoms with Crippen molar-refractivity contribution in [3.8, 4) is 0 Å². The van der Waals surface area contributed by atoms with Crippen LogP contribution in [0, 0.1) is 0 Å². The molecule has 4 nitrogen and oxygen atoms in total. The lowest BCUT2D eigenvalue weighted by Gasteiger charge is -2.24. The topological polar surface area (TPSA) is 55.6 Å². The second-order valence-electron chi connectivity index (χ2n) is 4.04. The van der Waals surface area contributed by atoms with Crippen LogP contribution >= 0.6 is 12.2 Å². The van der Waals surface area contributed by atoms with E-state index in [1.807, 2.05) is 18.7 Å². The van der Waals surface area contributed by atoms with Crippen molar-refractivity contribution in [3.63, 3.8) is 0 Å². The van der Waals surface area contributed by atoms with Gasteiger partial charge in [-0.15, -0.1) is 0 Å².